The summed E-state index contributed by atoms with van der Waals surface area (Å²) in [5.74, 6) is 0.887. The fourth-order valence-electron chi connectivity index (χ4n) is 3.48. The lowest BCUT2D eigenvalue weighted by Gasteiger charge is -2.36. The first-order chi connectivity index (χ1) is 14.1. The van der Waals surface area contributed by atoms with Gasteiger partial charge in [-0.2, -0.15) is 0 Å². The molecule has 148 valence electrons. The number of carbonyl (C=O) groups is 1. The van der Waals surface area contributed by atoms with E-state index < -0.39 is 0 Å². The third kappa shape index (κ3) is 4.57. The number of carbonyl (C=O) groups excluding carboxylic acids is 1. The highest BCUT2D eigenvalue weighted by molar-refractivity contribution is 5.94. The van der Waals surface area contributed by atoms with Crippen LogP contribution >= 0.6 is 0 Å². The van der Waals surface area contributed by atoms with Gasteiger partial charge in [0.05, 0.1) is 0 Å². The average molecular weight is 390 g/mol. The molecule has 29 heavy (non-hydrogen) atoms. The number of anilines is 1. The smallest absolute Gasteiger partial charge is 0.253 e. The zero-order valence-electron chi connectivity index (χ0n) is 16.3. The van der Waals surface area contributed by atoms with Gasteiger partial charge >= 0.3 is 0 Å². The molecule has 1 amide bonds. The number of piperazine rings is 1. The Morgan fingerprint density at radius 2 is 1.48 bits per heavy atom. The SMILES string of the molecule is Cc1cccc(N2CCN(C(=O)c3ccc(Oc4ccc(F)cc4)cc3)CC2)c1. The van der Waals surface area contributed by atoms with Gasteiger partial charge in [-0.1, -0.05) is 12.1 Å². The molecular formula is C24H23FN2O2. The van der Waals surface area contributed by atoms with Gasteiger partial charge < -0.3 is 14.5 Å². The summed E-state index contributed by atoms with van der Waals surface area (Å²) >= 11 is 0. The summed E-state index contributed by atoms with van der Waals surface area (Å²) in [6.07, 6.45) is 0. The van der Waals surface area contributed by atoms with Gasteiger partial charge in [0.1, 0.15) is 17.3 Å². The van der Waals surface area contributed by atoms with Crippen LogP contribution in [-0.4, -0.2) is 37.0 Å². The first-order valence-corrected chi connectivity index (χ1v) is 9.73. The standard InChI is InChI=1S/C24H23FN2O2/c1-18-3-2-4-21(17-18)26-13-15-27(16-14-26)24(28)19-5-9-22(10-6-19)29-23-11-7-20(25)8-12-23/h2-12,17H,13-16H2,1H3. The van der Waals surface area contributed by atoms with Crippen LogP contribution in [0.2, 0.25) is 0 Å². The van der Waals surface area contributed by atoms with E-state index in [1.165, 1.54) is 23.4 Å². The second-order valence-electron chi connectivity index (χ2n) is 7.20. The third-order valence-electron chi connectivity index (χ3n) is 5.08. The Morgan fingerprint density at radius 3 is 2.10 bits per heavy atom. The van der Waals surface area contributed by atoms with Gasteiger partial charge in [-0.05, 0) is 73.2 Å². The van der Waals surface area contributed by atoms with Gasteiger partial charge in [-0.3, -0.25) is 4.79 Å². The van der Waals surface area contributed by atoms with Crippen molar-refractivity contribution in [2.75, 3.05) is 31.1 Å². The van der Waals surface area contributed by atoms with Crippen LogP contribution in [0.3, 0.4) is 0 Å². The molecule has 0 bridgehead atoms. The topological polar surface area (TPSA) is 32.8 Å². The van der Waals surface area contributed by atoms with Gasteiger partial charge in [0.25, 0.3) is 5.91 Å². The van der Waals surface area contributed by atoms with E-state index in [0.717, 1.165) is 13.1 Å². The van der Waals surface area contributed by atoms with Crippen LogP contribution < -0.4 is 9.64 Å². The maximum Gasteiger partial charge on any atom is 0.253 e. The van der Waals surface area contributed by atoms with Gasteiger partial charge in [0, 0.05) is 37.4 Å². The zero-order valence-corrected chi connectivity index (χ0v) is 16.3. The molecule has 0 saturated carbocycles. The highest BCUT2D eigenvalue weighted by atomic mass is 19.1. The molecule has 4 nitrogen and oxygen atoms in total. The Hall–Kier alpha value is -3.34. The predicted molar refractivity (Wildman–Crippen MR) is 112 cm³/mol. The minimum Gasteiger partial charge on any atom is -0.457 e. The van der Waals surface area contributed by atoms with Crippen LogP contribution in [0, 0.1) is 12.7 Å². The first kappa shape index (κ1) is 19.0. The molecule has 1 aliphatic heterocycles. The minimum absolute atomic E-state index is 0.0298. The molecule has 4 rings (SSSR count). The maximum absolute atomic E-state index is 13.0. The molecule has 0 atom stereocenters. The van der Waals surface area contributed by atoms with E-state index in [1.54, 1.807) is 36.4 Å². The number of ether oxygens (including phenoxy) is 1. The normalized spacial score (nSPS) is 14.0. The molecule has 3 aromatic carbocycles. The van der Waals surface area contributed by atoms with Gasteiger partial charge in [0.2, 0.25) is 0 Å². The Labute approximate surface area is 170 Å². The Morgan fingerprint density at radius 1 is 0.862 bits per heavy atom. The molecule has 0 aromatic heterocycles. The number of hydrogen-bond acceptors (Lipinski definition) is 3. The Bertz CT molecular complexity index is 979. The molecule has 0 unspecified atom stereocenters. The summed E-state index contributed by atoms with van der Waals surface area (Å²) in [5, 5.41) is 0. The van der Waals surface area contributed by atoms with Crippen molar-refractivity contribution in [1.82, 2.24) is 4.90 Å². The Kier molecular flexibility index (Phi) is 5.47. The van der Waals surface area contributed by atoms with Gasteiger partial charge in [0.15, 0.2) is 0 Å². The van der Waals surface area contributed by atoms with Crippen molar-refractivity contribution < 1.29 is 13.9 Å². The lowest BCUT2D eigenvalue weighted by molar-refractivity contribution is 0.0747. The number of halogens is 1. The number of benzene rings is 3. The van der Waals surface area contributed by atoms with E-state index in [9.17, 15) is 9.18 Å². The Balaban J connectivity index is 1.35. The van der Waals surface area contributed by atoms with E-state index >= 15 is 0 Å². The molecule has 0 N–H and O–H groups in total. The number of hydrogen-bond donors (Lipinski definition) is 0. The minimum atomic E-state index is -0.305. The average Bonchev–Trinajstić information content (AvgIpc) is 2.75. The number of nitrogens with zero attached hydrogens (tertiary/aromatic N) is 2. The molecule has 1 fully saturated rings. The summed E-state index contributed by atoms with van der Waals surface area (Å²) in [5.41, 5.74) is 3.09. The molecule has 0 aliphatic carbocycles. The molecule has 1 heterocycles. The molecular weight excluding hydrogens is 367 g/mol. The maximum atomic E-state index is 13.0. The number of amides is 1. The van der Waals surface area contributed by atoms with Crippen molar-refractivity contribution in [2.45, 2.75) is 6.92 Å². The highest BCUT2D eigenvalue weighted by Gasteiger charge is 2.22. The summed E-state index contributed by atoms with van der Waals surface area (Å²) < 4.78 is 18.7. The van der Waals surface area contributed by atoms with Crippen LogP contribution in [0.4, 0.5) is 10.1 Å². The van der Waals surface area contributed by atoms with Gasteiger partial charge in [-0.25, -0.2) is 4.39 Å². The van der Waals surface area contributed by atoms with Crippen LogP contribution in [0.15, 0.2) is 72.8 Å². The van der Waals surface area contributed by atoms with Crippen molar-refractivity contribution in [3.63, 3.8) is 0 Å². The summed E-state index contributed by atoms with van der Waals surface area (Å²) in [4.78, 5) is 17.0. The van der Waals surface area contributed by atoms with E-state index in [1.807, 2.05) is 4.90 Å². The molecule has 3 aromatic rings. The van der Waals surface area contributed by atoms with E-state index in [4.69, 9.17) is 4.74 Å². The fourth-order valence-corrected chi connectivity index (χ4v) is 3.48. The quantitative estimate of drug-likeness (QED) is 0.636. The zero-order chi connectivity index (χ0) is 20.2. The van der Waals surface area contributed by atoms with E-state index in [-0.39, 0.29) is 11.7 Å². The number of rotatable bonds is 4. The van der Waals surface area contributed by atoms with Crippen LogP contribution in [0.25, 0.3) is 0 Å². The predicted octanol–water partition coefficient (Wildman–Crippen LogP) is 4.89. The van der Waals surface area contributed by atoms with Crippen molar-refractivity contribution in [1.29, 1.82) is 0 Å². The first-order valence-electron chi connectivity index (χ1n) is 9.73. The third-order valence-corrected chi connectivity index (χ3v) is 5.08. The monoisotopic (exact) mass is 390 g/mol. The highest BCUT2D eigenvalue weighted by Crippen LogP contribution is 2.23. The van der Waals surface area contributed by atoms with Crippen molar-refractivity contribution in [3.05, 3.63) is 89.7 Å². The van der Waals surface area contributed by atoms with Crippen molar-refractivity contribution >= 4 is 11.6 Å². The van der Waals surface area contributed by atoms with Crippen LogP contribution in [0.5, 0.6) is 11.5 Å². The van der Waals surface area contributed by atoms with Gasteiger partial charge in [-0.15, -0.1) is 0 Å². The summed E-state index contributed by atoms with van der Waals surface area (Å²) in [6.45, 7) is 5.12. The second-order valence-corrected chi connectivity index (χ2v) is 7.20. The van der Waals surface area contributed by atoms with Crippen LogP contribution in [0.1, 0.15) is 15.9 Å². The molecule has 0 spiro atoms. The van der Waals surface area contributed by atoms with Crippen molar-refractivity contribution in [2.24, 2.45) is 0 Å². The molecule has 1 saturated heterocycles. The lowest BCUT2D eigenvalue weighted by atomic mass is 10.1. The van der Waals surface area contributed by atoms with E-state index in [0.29, 0.717) is 30.2 Å². The largest absolute Gasteiger partial charge is 0.457 e. The molecule has 1 aliphatic rings. The number of aryl methyl sites for hydroxylation is 1. The summed E-state index contributed by atoms with van der Waals surface area (Å²) in [7, 11) is 0. The fraction of sp³-hybridized carbons (Fsp3) is 0.208. The summed E-state index contributed by atoms with van der Waals surface area (Å²) in [6, 6.07) is 21.4. The second kappa shape index (κ2) is 8.35. The molecule has 5 heteroatoms. The van der Waals surface area contributed by atoms with Crippen LogP contribution in [-0.2, 0) is 0 Å². The van der Waals surface area contributed by atoms with E-state index in [2.05, 4.69) is 36.1 Å². The molecule has 0 radical (unpaired) electrons. The lowest BCUT2D eigenvalue weighted by Crippen LogP contribution is -2.48. The van der Waals surface area contributed by atoms with Crippen molar-refractivity contribution in [3.8, 4) is 11.5 Å².